The van der Waals surface area contributed by atoms with Crippen molar-refractivity contribution in [2.45, 2.75) is 24.4 Å². The Kier molecular flexibility index (Phi) is 5.97. The normalized spacial score (nSPS) is 10.4. The van der Waals surface area contributed by atoms with E-state index in [1.165, 1.54) is 11.3 Å². The summed E-state index contributed by atoms with van der Waals surface area (Å²) in [7, 11) is 0. The molecule has 0 unspecified atom stereocenters. The average Bonchev–Trinajstić information content (AvgIpc) is 2.93. The molecule has 0 aliphatic rings. The van der Waals surface area contributed by atoms with E-state index in [2.05, 4.69) is 20.8 Å². The van der Waals surface area contributed by atoms with Gasteiger partial charge in [-0.25, -0.2) is 4.79 Å². The maximum absolute atomic E-state index is 11.8. The van der Waals surface area contributed by atoms with Gasteiger partial charge in [-0.15, -0.1) is 10.2 Å². The number of hydrogen-bond donors (Lipinski definition) is 3. The Morgan fingerprint density at radius 1 is 1.33 bits per heavy atom. The van der Waals surface area contributed by atoms with Crippen molar-refractivity contribution in [3.05, 3.63) is 35.4 Å². The van der Waals surface area contributed by atoms with Gasteiger partial charge in [-0.1, -0.05) is 54.3 Å². The van der Waals surface area contributed by atoms with Crippen LogP contribution in [-0.2, 0) is 13.2 Å². The lowest BCUT2D eigenvalue weighted by Gasteiger charge is -2.08. The molecule has 0 atom stereocenters. The molecule has 0 aliphatic heterocycles. The van der Waals surface area contributed by atoms with Crippen molar-refractivity contribution in [3.8, 4) is 0 Å². The monoisotopic (exact) mass is 324 g/mol. The van der Waals surface area contributed by atoms with Crippen molar-refractivity contribution < 1.29 is 9.90 Å². The number of aliphatic hydroxyl groups excluding tert-OH is 1. The zero-order valence-corrected chi connectivity index (χ0v) is 13.1. The number of carbonyl (C=O) groups excluding carboxylic acids is 1. The summed E-state index contributed by atoms with van der Waals surface area (Å²) in [5.41, 5.74) is 1.69. The highest BCUT2D eigenvalue weighted by molar-refractivity contribution is 8.01. The standard InChI is InChI=1S/C13H16N4O2S2/c1-2-20-13-17-16-12(21-13)15-11(19)14-7-9-5-3-4-6-10(9)8-18/h3-6,18H,2,7-8H2,1H3,(H2,14,15,16,19). The topological polar surface area (TPSA) is 87.1 Å². The molecule has 21 heavy (non-hydrogen) atoms. The molecule has 1 aromatic heterocycles. The van der Waals surface area contributed by atoms with Gasteiger partial charge < -0.3 is 10.4 Å². The minimum absolute atomic E-state index is 0.0481. The minimum atomic E-state index is -0.341. The summed E-state index contributed by atoms with van der Waals surface area (Å²) in [6, 6.07) is 7.07. The Labute approximate surface area is 131 Å². The molecular weight excluding hydrogens is 308 g/mol. The molecule has 0 radical (unpaired) electrons. The lowest BCUT2D eigenvalue weighted by atomic mass is 10.1. The van der Waals surface area contributed by atoms with Crippen LogP contribution >= 0.6 is 23.1 Å². The highest BCUT2D eigenvalue weighted by Gasteiger charge is 2.08. The van der Waals surface area contributed by atoms with Gasteiger partial charge in [0.1, 0.15) is 0 Å². The zero-order chi connectivity index (χ0) is 15.1. The first kappa shape index (κ1) is 15.7. The summed E-state index contributed by atoms with van der Waals surface area (Å²) in [4.78, 5) is 11.8. The third-order valence-electron chi connectivity index (χ3n) is 2.62. The number of aliphatic hydroxyl groups is 1. The van der Waals surface area contributed by atoms with Gasteiger partial charge in [0.2, 0.25) is 5.13 Å². The van der Waals surface area contributed by atoms with E-state index in [9.17, 15) is 9.90 Å². The molecule has 0 bridgehead atoms. The fourth-order valence-corrected chi connectivity index (χ4v) is 3.29. The Bertz CT molecular complexity index is 603. The second-order valence-corrected chi connectivity index (χ2v) is 6.53. The van der Waals surface area contributed by atoms with Crippen LogP contribution in [0.2, 0.25) is 0 Å². The maximum Gasteiger partial charge on any atom is 0.321 e. The van der Waals surface area contributed by atoms with Crippen molar-refractivity contribution in [1.82, 2.24) is 15.5 Å². The van der Waals surface area contributed by atoms with Crippen LogP contribution in [0.5, 0.6) is 0 Å². The summed E-state index contributed by atoms with van der Waals surface area (Å²) < 4.78 is 0.832. The second-order valence-electron chi connectivity index (χ2n) is 4.04. The first-order chi connectivity index (χ1) is 10.2. The number of amides is 2. The number of aromatic nitrogens is 2. The summed E-state index contributed by atoms with van der Waals surface area (Å²) >= 11 is 2.93. The third kappa shape index (κ3) is 4.69. The number of nitrogens with one attached hydrogen (secondary N) is 2. The van der Waals surface area contributed by atoms with Gasteiger partial charge in [-0.05, 0) is 16.9 Å². The second kappa shape index (κ2) is 7.96. The van der Waals surface area contributed by atoms with Crippen LogP contribution in [0.15, 0.2) is 28.6 Å². The van der Waals surface area contributed by atoms with Crippen molar-refractivity contribution >= 4 is 34.3 Å². The molecule has 0 fully saturated rings. The van der Waals surface area contributed by atoms with E-state index in [1.54, 1.807) is 11.8 Å². The van der Waals surface area contributed by atoms with Crippen LogP contribution in [0.3, 0.4) is 0 Å². The van der Waals surface area contributed by atoms with Crippen LogP contribution in [0.1, 0.15) is 18.1 Å². The number of nitrogens with zero attached hydrogens (tertiary/aromatic N) is 2. The summed E-state index contributed by atoms with van der Waals surface area (Å²) in [6.07, 6.45) is 0. The van der Waals surface area contributed by atoms with E-state index in [4.69, 9.17) is 0 Å². The van der Waals surface area contributed by atoms with Crippen LogP contribution in [0.25, 0.3) is 0 Å². The molecule has 8 heteroatoms. The van der Waals surface area contributed by atoms with Gasteiger partial charge >= 0.3 is 6.03 Å². The number of hydrogen-bond acceptors (Lipinski definition) is 6. The SMILES string of the molecule is CCSc1nnc(NC(=O)NCc2ccccc2CO)s1. The van der Waals surface area contributed by atoms with Crippen molar-refractivity contribution in [1.29, 1.82) is 0 Å². The maximum atomic E-state index is 11.8. The molecular formula is C13H16N4O2S2. The Balaban J connectivity index is 1.86. The molecule has 3 N–H and O–H groups in total. The van der Waals surface area contributed by atoms with E-state index in [0.717, 1.165) is 21.2 Å². The predicted octanol–water partition coefficient (Wildman–Crippen LogP) is 2.46. The van der Waals surface area contributed by atoms with Gasteiger partial charge in [0.25, 0.3) is 0 Å². The van der Waals surface area contributed by atoms with Crippen molar-refractivity contribution in [3.63, 3.8) is 0 Å². The third-order valence-corrected chi connectivity index (χ3v) is 4.48. The first-order valence-electron chi connectivity index (χ1n) is 6.41. The number of rotatable bonds is 6. The van der Waals surface area contributed by atoms with Gasteiger partial charge in [-0.3, -0.25) is 5.32 Å². The number of urea groups is 1. The lowest BCUT2D eigenvalue weighted by Crippen LogP contribution is -2.28. The van der Waals surface area contributed by atoms with E-state index in [-0.39, 0.29) is 12.6 Å². The van der Waals surface area contributed by atoms with E-state index in [0.29, 0.717) is 11.7 Å². The molecule has 0 aliphatic carbocycles. The summed E-state index contributed by atoms with van der Waals surface area (Å²) in [5.74, 6) is 0.915. The predicted molar refractivity (Wildman–Crippen MR) is 84.5 cm³/mol. The number of anilines is 1. The zero-order valence-electron chi connectivity index (χ0n) is 11.5. The molecule has 0 saturated carbocycles. The molecule has 2 amide bonds. The Morgan fingerprint density at radius 2 is 2.10 bits per heavy atom. The number of carbonyl (C=O) groups is 1. The Hall–Kier alpha value is -1.64. The van der Waals surface area contributed by atoms with Gasteiger partial charge in [0, 0.05) is 6.54 Å². The quantitative estimate of drug-likeness (QED) is 0.561. The van der Waals surface area contributed by atoms with E-state index in [1.807, 2.05) is 31.2 Å². The lowest BCUT2D eigenvalue weighted by molar-refractivity contribution is 0.251. The highest BCUT2D eigenvalue weighted by atomic mass is 32.2. The van der Waals surface area contributed by atoms with E-state index < -0.39 is 0 Å². The highest BCUT2D eigenvalue weighted by Crippen LogP contribution is 2.24. The summed E-state index contributed by atoms with van der Waals surface area (Å²) in [5, 5.41) is 22.9. The fourth-order valence-electron chi connectivity index (χ4n) is 1.64. The molecule has 6 nitrogen and oxygen atoms in total. The molecule has 112 valence electrons. The van der Waals surface area contributed by atoms with Crippen molar-refractivity contribution in [2.75, 3.05) is 11.1 Å². The van der Waals surface area contributed by atoms with Gasteiger partial charge in [-0.2, -0.15) is 0 Å². The number of thioether (sulfide) groups is 1. The fraction of sp³-hybridized carbons (Fsp3) is 0.308. The van der Waals surface area contributed by atoms with Crippen LogP contribution in [0, 0.1) is 0 Å². The van der Waals surface area contributed by atoms with Gasteiger partial charge in [0.15, 0.2) is 4.34 Å². The molecule has 2 aromatic rings. The van der Waals surface area contributed by atoms with Crippen LogP contribution < -0.4 is 10.6 Å². The Morgan fingerprint density at radius 3 is 2.81 bits per heavy atom. The minimum Gasteiger partial charge on any atom is -0.392 e. The van der Waals surface area contributed by atoms with Gasteiger partial charge in [0.05, 0.1) is 6.61 Å². The van der Waals surface area contributed by atoms with Crippen LogP contribution in [-0.4, -0.2) is 27.1 Å². The first-order valence-corrected chi connectivity index (χ1v) is 8.22. The summed E-state index contributed by atoms with van der Waals surface area (Å²) in [6.45, 7) is 2.33. The molecule has 0 saturated heterocycles. The van der Waals surface area contributed by atoms with Crippen LogP contribution in [0.4, 0.5) is 9.93 Å². The average molecular weight is 324 g/mol. The largest absolute Gasteiger partial charge is 0.392 e. The molecule has 1 aromatic carbocycles. The van der Waals surface area contributed by atoms with Crippen molar-refractivity contribution in [2.24, 2.45) is 0 Å². The number of benzene rings is 1. The van der Waals surface area contributed by atoms with E-state index >= 15 is 0 Å². The molecule has 1 heterocycles. The molecule has 2 rings (SSSR count). The molecule has 0 spiro atoms. The smallest absolute Gasteiger partial charge is 0.321 e.